The van der Waals surface area contributed by atoms with Gasteiger partial charge in [0.25, 0.3) is 0 Å². The monoisotopic (exact) mass is 209 g/mol. The average Bonchev–Trinajstić information content (AvgIpc) is 2.17. The number of hydrogen-bond acceptors (Lipinski definition) is 4. The van der Waals surface area contributed by atoms with E-state index < -0.39 is 11.9 Å². The molecule has 0 aromatic carbocycles. The summed E-state index contributed by atoms with van der Waals surface area (Å²) in [5, 5.41) is 8.69. The molecule has 0 aliphatic carbocycles. The Balaban J connectivity index is 2.90. The first-order valence-electron chi connectivity index (χ1n) is 4.41. The number of carboxylic acids is 1. The maximum atomic E-state index is 11.4. The van der Waals surface area contributed by atoms with Gasteiger partial charge in [-0.1, -0.05) is 0 Å². The van der Waals surface area contributed by atoms with E-state index in [0.717, 1.165) is 0 Å². The van der Waals surface area contributed by atoms with Crippen LogP contribution in [-0.4, -0.2) is 28.1 Å². The van der Waals surface area contributed by atoms with Crippen LogP contribution < -0.4 is 0 Å². The van der Waals surface area contributed by atoms with Crippen LogP contribution in [0.1, 0.15) is 34.7 Å². The summed E-state index contributed by atoms with van der Waals surface area (Å²) in [4.78, 5) is 25.7. The lowest BCUT2D eigenvalue weighted by Crippen LogP contribution is -2.13. The largest absolute Gasteiger partial charge is 0.478 e. The second-order valence-electron chi connectivity index (χ2n) is 3.19. The lowest BCUT2D eigenvalue weighted by atomic mass is 10.2. The third-order valence-corrected chi connectivity index (χ3v) is 1.56. The van der Waals surface area contributed by atoms with Gasteiger partial charge in [-0.25, -0.2) is 14.6 Å². The van der Waals surface area contributed by atoms with Crippen LogP contribution in [0.3, 0.4) is 0 Å². The lowest BCUT2D eigenvalue weighted by Gasteiger charge is -2.06. The van der Waals surface area contributed by atoms with Gasteiger partial charge in [-0.3, -0.25) is 0 Å². The fraction of sp³-hybridized carbons (Fsp3) is 0.300. The summed E-state index contributed by atoms with van der Waals surface area (Å²) in [6.07, 6.45) is 1.01. The van der Waals surface area contributed by atoms with Crippen molar-refractivity contribution < 1.29 is 19.4 Å². The van der Waals surface area contributed by atoms with Gasteiger partial charge in [-0.15, -0.1) is 0 Å². The predicted octanol–water partition coefficient (Wildman–Crippen LogP) is 1.34. The molecule has 1 heterocycles. The smallest absolute Gasteiger partial charge is 0.357 e. The molecule has 5 heteroatoms. The summed E-state index contributed by atoms with van der Waals surface area (Å²) in [7, 11) is 0. The maximum Gasteiger partial charge on any atom is 0.357 e. The first-order chi connectivity index (χ1) is 7.00. The SMILES string of the molecule is CC(C)OC(=O)c1cc(C(=O)O)ccn1. The Morgan fingerprint density at radius 1 is 1.47 bits per heavy atom. The van der Waals surface area contributed by atoms with E-state index in [1.807, 2.05) is 0 Å². The summed E-state index contributed by atoms with van der Waals surface area (Å²) in [6, 6.07) is 2.50. The number of aromatic nitrogens is 1. The fourth-order valence-corrected chi connectivity index (χ4v) is 0.950. The summed E-state index contributed by atoms with van der Waals surface area (Å²) in [5.41, 5.74) is 0.0179. The lowest BCUT2D eigenvalue weighted by molar-refractivity contribution is 0.0371. The van der Waals surface area contributed by atoms with Crippen molar-refractivity contribution in [3.8, 4) is 0 Å². The minimum Gasteiger partial charge on any atom is -0.478 e. The van der Waals surface area contributed by atoms with E-state index in [4.69, 9.17) is 9.84 Å². The topological polar surface area (TPSA) is 76.5 Å². The van der Waals surface area contributed by atoms with Crippen molar-refractivity contribution in [2.24, 2.45) is 0 Å². The van der Waals surface area contributed by atoms with Gasteiger partial charge in [-0.2, -0.15) is 0 Å². The third-order valence-electron chi connectivity index (χ3n) is 1.56. The van der Waals surface area contributed by atoms with Crippen molar-refractivity contribution in [3.63, 3.8) is 0 Å². The highest BCUT2D eigenvalue weighted by atomic mass is 16.5. The molecular weight excluding hydrogens is 198 g/mol. The van der Waals surface area contributed by atoms with Crippen LogP contribution >= 0.6 is 0 Å². The van der Waals surface area contributed by atoms with Crippen LogP contribution in [0.15, 0.2) is 18.3 Å². The molecule has 1 aromatic heterocycles. The number of aromatic carboxylic acids is 1. The Kier molecular flexibility index (Phi) is 3.38. The van der Waals surface area contributed by atoms with E-state index in [0.29, 0.717) is 0 Å². The molecule has 0 bridgehead atoms. The van der Waals surface area contributed by atoms with Crippen molar-refractivity contribution >= 4 is 11.9 Å². The van der Waals surface area contributed by atoms with Gasteiger partial charge in [0.05, 0.1) is 11.7 Å². The second kappa shape index (κ2) is 4.54. The third kappa shape index (κ3) is 3.05. The van der Waals surface area contributed by atoms with Gasteiger partial charge in [0, 0.05) is 6.20 Å². The standard InChI is InChI=1S/C10H11NO4/c1-6(2)15-10(14)8-5-7(9(12)13)3-4-11-8/h3-6H,1-2H3,(H,12,13). The van der Waals surface area contributed by atoms with Crippen LogP contribution in [0, 0.1) is 0 Å². The average molecular weight is 209 g/mol. The number of carbonyl (C=O) groups excluding carboxylic acids is 1. The molecule has 1 aromatic rings. The highest BCUT2D eigenvalue weighted by Gasteiger charge is 2.13. The highest BCUT2D eigenvalue weighted by molar-refractivity contribution is 5.93. The number of carbonyl (C=O) groups is 2. The predicted molar refractivity (Wildman–Crippen MR) is 51.7 cm³/mol. The Morgan fingerprint density at radius 2 is 2.13 bits per heavy atom. The van der Waals surface area contributed by atoms with Crippen LogP contribution in [0.5, 0.6) is 0 Å². The maximum absolute atomic E-state index is 11.4. The van der Waals surface area contributed by atoms with E-state index in [-0.39, 0.29) is 17.4 Å². The first-order valence-corrected chi connectivity index (χ1v) is 4.41. The Morgan fingerprint density at radius 3 is 2.67 bits per heavy atom. The van der Waals surface area contributed by atoms with Crippen LogP contribution in [-0.2, 0) is 4.74 Å². The number of rotatable bonds is 3. The van der Waals surface area contributed by atoms with E-state index in [9.17, 15) is 9.59 Å². The van der Waals surface area contributed by atoms with Gasteiger partial charge in [0.15, 0.2) is 0 Å². The number of esters is 1. The molecule has 0 saturated heterocycles. The van der Waals surface area contributed by atoms with Gasteiger partial charge in [-0.05, 0) is 26.0 Å². The number of nitrogens with zero attached hydrogens (tertiary/aromatic N) is 1. The molecule has 0 fully saturated rings. The van der Waals surface area contributed by atoms with Crippen molar-refractivity contribution in [2.45, 2.75) is 20.0 Å². The zero-order valence-corrected chi connectivity index (χ0v) is 8.43. The first kappa shape index (κ1) is 11.2. The van der Waals surface area contributed by atoms with Gasteiger partial charge < -0.3 is 9.84 Å². The molecule has 0 atom stereocenters. The highest BCUT2D eigenvalue weighted by Crippen LogP contribution is 2.04. The summed E-state index contributed by atoms with van der Waals surface area (Å²) < 4.78 is 4.88. The second-order valence-corrected chi connectivity index (χ2v) is 3.19. The van der Waals surface area contributed by atoms with Crippen LogP contribution in [0.25, 0.3) is 0 Å². The molecule has 1 N–H and O–H groups in total. The molecule has 80 valence electrons. The Labute approximate surface area is 86.7 Å². The molecule has 0 aliphatic rings. The van der Waals surface area contributed by atoms with Crippen molar-refractivity contribution in [2.75, 3.05) is 0 Å². The zero-order chi connectivity index (χ0) is 11.4. The molecule has 15 heavy (non-hydrogen) atoms. The van der Waals surface area contributed by atoms with Crippen molar-refractivity contribution in [1.29, 1.82) is 0 Å². The zero-order valence-electron chi connectivity index (χ0n) is 8.43. The number of ether oxygens (including phenoxy) is 1. The van der Waals surface area contributed by atoms with E-state index in [2.05, 4.69) is 4.98 Å². The summed E-state index contributed by atoms with van der Waals surface area (Å²) in [6.45, 7) is 3.41. The molecule has 0 unspecified atom stereocenters. The summed E-state index contributed by atoms with van der Waals surface area (Å²) in [5.74, 6) is -1.72. The molecule has 0 spiro atoms. The molecule has 1 rings (SSSR count). The molecule has 5 nitrogen and oxygen atoms in total. The number of carboxylic acid groups (broad SMARTS) is 1. The normalized spacial score (nSPS) is 10.1. The molecule has 0 saturated carbocycles. The molecule has 0 amide bonds. The molecule has 0 radical (unpaired) electrons. The van der Waals surface area contributed by atoms with E-state index >= 15 is 0 Å². The van der Waals surface area contributed by atoms with E-state index in [1.165, 1.54) is 18.3 Å². The Bertz CT molecular complexity index is 387. The van der Waals surface area contributed by atoms with Crippen molar-refractivity contribution in [3.05, 3.63) is 29.6 Å². The minimum atomic E-state index is -1.10. The molecular formula is C10H11NO4. The van der Waals surface area contributed by atoms with Gasteiger partial charge in [0.1, 0.15) is 5.69 Å². The van der Waals surface area contributed by atoms with Crippen LogP contribution in [0.4, 0.5) is 0 Å². The quantitative estimate of drug-likeness (QED) is 0.760. The van der Waals surface area contributed by atoms with Gasteiger partial charge >= 0.3 is 11.9 Å². The van der Waals surface area contributed by atoms with Crippen LogP contribution in [0.2, 0.25) is 0 Å². The van der Waals surface area contributed by atoms with Gasteiger partial charge in [0.2, 0.25) is 0 Å². The fourth-order valence-electron chi connectivity index (χ4n) is 0.950. The van der Waals surface area contributed by atoms with Crippen molar-refractivity contribution in [1.82, 2.24) is 4.98 Å². The summed E-state index contributed by atoms with van der Waals surface area (Å²) >= 11 is 0. The van der Waals surface area contributed by atoms with E-state index in [1.54, 1.807) is 13.8 Å². The number of pyridine rings is 1. The minimum absolute atomic E-state index is 0.00333. The Hall–Kier alpha value is -1.91. The number of hydrogen-bond donors (Lipinski definition) is 1. The molecule has 0 aliphatic heterocycles.